The molecular weight excluding hydrogens is 375 g/mol. The molecule has 0 aliphatic carbocycles. The van der Waals surface area contributed by atoms with Crippen molar-refractivity contribution in [1.29, 1.82) is 0 Å². The fraction of sp³-hybridized carbons (Fsp3) is 0. The Morgan fingerprint density at radius 2 is 1.63 bits per heavy atom. The van der Waals surface area contributed by atoms with Crippen LogP contribution in [-0.4, -0.2) is 9.97 Å². The molecule has 4 heteroatoms. The van der Waals surface area contributed by atoms with Gasteiger partial charge in [-0.3, -0.25) is 4.98 Å². The van der Waals surface area contributed by atoms with Crippen molar-refractivity contribution in [3.63, 3.8) is 0 Å². The molecule has 140 valence electrons. The summed E-state index contributed by atoms with van der Waals surface area (Å²) in [5, 5.41) is 6.91. The minimum Gasteiger partial charge on any atom is -0.438 e. The van der Waals surface area contributed by atoms with Gasteiger partial charge in [-0.1, -0.05) is 36.4 Å². The molecule has 6 aromatic rings. The fourth-order valence-electron chi connectivity index (χ4n) is 4.58. The Kier molecular flexibility index (Phi) is 2.91. The van der Waals surface area contributed by atoms with Gasteiger partial charge in [0.1, 0.15) is 11.6 Å². The first-order valence-electron chi connectivity index (χ1n) is 9.78. The second-order valence-corrected chi connectivity index (χ2v) is 7.62. The van der Waals surface area contributed by atoms with E-state index in [0.29, 0.717) is 11.6 Å². The van der Waals surface area contributed by atoms with E-state index in [4.69, 9.17) is 9.72 Å². The summed E-state index contributed by atoms with van der Waals surface area (Å²) < 4.78 is 20.3. The molecule has 7 rings (SSSR count). The molecule has 0 spiro atoms. The highest BCUT2D eigenvalue weighted by molar-refractivity contribution is 6.21. The molecule has 2 aromatic heterocycles. The lowest BCUT2D eigenvalue weighted by Gasteiger charge is -2.21. The maximum Gasteiger partial charge on any atom is 0.229 e. The number of halogens is 1. The van der Waals surface area contributed by atoms with E-state index < -0.39 is 0 Å². The Morgan fingerprint density at radius 3 is 2.60 bits per heavy atom. The quantitative estimate of drug-likeness (QED) is 0.262. The molecule has 3 heterocycles. The maximum absolute atomic E-state index is 14.0. The van der Waals surface area contributed by atoms with Crippen LogP contribution in [0.4, 0.5) is 4.39 Å². The molecule has 30 heavy (non-hydrogen) atoms. The number of aromatic nitrogens is 2. The van der Waals surface area contributed by atoms with Gasteiger partial charge in [-0.25, -0.2) is 9.37 Å². The number of para-hydroxylation sites is 1. The lowest BCUT2D eigenvalue weighted by Crippen LogP contribution is -2.01. The summed E-state index contributed by atoms with van der Waals surface area (Å²) in [6.07, 6.45) is 1.82. The third-order valence-electron chi connectivity index (χ3n) is 5.94. The van der Waals surface area contributed by atoms with Crippen molar-refractivity contribution in [3.8, 4) is 22.9 Å². The molecule has 0 amide bonds. The zero-order valence-electron chi connectivity index (χ0n) is 15.7. The lowest BCUT2D eigenvalue weighted by molar-refractivity contribution is 0.469. The molecule has 1 aliphatic heterocycles. The van der Waals surface area contributed by atoms with Crippen molar-refractivity contribution >= 4 is 43.2 Å². The molecule has 0 atom stereocenters. The summed E-state index contributed by atoms with van der Waals surface area (Å²) in [6, 6.07) is 23.1. The second kappa shape index (κ2) is 5.51. The van der Waals surface area contributed by atoms with Crippen molar-refractivity contribution in [2.45, 2.75) is 0 Å². The molecule has 0 N–H and O–H groups in total. The highest BCUT2D eigenvalue weighted by Gasteiger charge is 2.24. The molecule has 0 unspecified atom stereocenters. The average molecular weight is 388 g/mol. The van der Waals surface area contributed by atoms with Gasteiger partial charge < -0.3 is 4.74 Å². The minimum absolute atomic E-state index is 0.251. The molecule has 4 aromatic carbocycles. The van der Waals surface area contributed by atoms with Gasteiger partial charge in [0.2, 0.25) is 5.88 Å². The van der Waals surface area contributed by atoms with E-state index in [0.717, 1.165) is 54.5 Å². The van der Waals surface area contributed by atoms with Gasteiger partial charge in [0.05, 0.1) is 22.2 Å². The Hall–Kier alpha value is -4.05. The number of fused-ring (bicyclic) bond motifs is 7. The summed E-state index contributed by atoms with van der Waals surface area (Å²) in [4.78, 5) is 9.42. The minimum atomic E-state index is -0.251. The van der Waals surface area contributed by atoms with E-state index in [1.54, 1.807) is 6.07 Å². The summed E-state index contributed by atoms with van der Waals surface area (Å²) in [6.45, 7) is 0. The normalized spacial score (nSPS) is 12.4. The summed E-state index contributed by atoms with van der Waals surface area (Å²) in [5.74, 6) is 0.998. The number of hydrogen-bond donors (Lipinski definition) is 0. The van der Waals surface area contributed by atoms with Crippen LogP contribution in [0.15, 0.2) is 79.0 Å². The monoisotopic (exact) mass is 388 g/mol. The fourth-order valence-corrected chi connectivity index (χ4v) is 4.58. The summed E-state index contributed by atoms with van der Waals surface area (Å²) in [7, 11) is 0. The van der Waals surface area contributed by atoms with E-state index in [9.17, 15) is 4.39 Å². The first kappa shape index (κ1) is 15.8. The zero-order chi connectivity index (χ0) is 19.8. The standard InChI is InChI=1S/C26H13FN2O/c27-16-7-5-14-6-8-17-18-9-10-28-25-21-11-15-3-1-2-4-22(15)29-26(21)30-23(24(18)25)13-20(17)19(14)12-16/h1-13H. The first-order chi connectivity index (χ1) is 14.8. The Morgan fingerprint density at radius 1 is 0.733 bits per heavy atom. The van der Waals surface area contributed by atoms with Crippen molar-refractivity contribution in [2.24, 2.45) is 0 Å². The van der Waals surface area contributed by atoms with Crippen LogP contribution < -0.4 is 4.74 Å². The van der Waals surface area contributed by atoms with E-state index in [-0.39, 0.29) is 5.82 Å². The van der Waals surface area contributed by atoms with Crippen molar-refractivity contribution < 1.29 is 9.13 Å². The Labute approximate surface area is 170 Å². The molecule has 0 saturated heterocycles. The van der Waals surface area contributed by atoms with Gasteiger partial charge >= 0.3 is 0 Å². The Bertz CT molecular complexity index is 1690. The predicted molar refractivity (Wildman–Crippen MR) is 118 cm³/mol. The van der Waals surface area contributed by atoms with Gasteiger partial charge in [0.25, 0.3) is 0 Å². The van der Waals surface area contributed by atoms with Crippen LogP contribution in [0.2, 0.25) is 0 Å². The Balaban J connectivity index is 1.65. The van der Waals surface area contributed by atoms with Crippen molar-refractivity contribution in [3.05, 3.63) is 84.8 Å². The smallest absolute Gasteiger partial charge is 0.229 e. The van der Waals surface area contributed by atoms with E-state index in [2.05, 4.69) is 17.1 Å². The molecule has 0 bridgehead atoms. The highest BCUT2D eigenvalue weighted by Crippen LogP contribution is 2.48. The molecule has 0 radical (unpaired) electrons. The number of rotatable bonds is 0. The van der Waals surface area contributed by atoms with Gasteiger partial charge in [-0.2, -0.15) is 0 Å². The molecule has 0 saturated carbocycles. The molecule has 1 aliphatic rings. The zero-order valence-corrected chi connectivity index (χ0v) is 15.7. The molecule has 0 fully saturated rings. The summed E-state index contributed by atoms with van der Waals surface area (Å²) >= 11 is 0. The number of nitrogens with zero attached hydrogens (tertiary/aromatic N) is 2. The number of pyridine rings is 2. The van der Waals surface area contributed by atoms with Crippen molar-refractivity contribution in [2.75, 3.05) is 0 Å². The third kappa shape index (κ3) is 2.02. The van der Waals surface area contributed by atoms with Crippen LogP contribution in [0.25, 0.3) is 54.5 Å². The van der Waals surface area contributed by atoms with Gasteiger partial charge in [-0.15, -0.1) is 0 Å². The molecular formula is C26H13FN2O. The molecule has 3 nitrogen and oxygen atoms in total. The second-order valence-electron chi connectivity index (χ2n) is 7.62. The largest absolute Gasteiger partial charge is 0.438 e. The van der Waals surface area contributed by atoms with Crippen LogP contribution in [0.5, 0.6) is 11.6 Å². The number of benzene rings is 4. The van der Waals surface area contributed by atoms with E-state index >= 15 is 0 Å². The van der Waals surface area contributed by atoms with E-state index in [1.165, 1.54) is 6.07 Å². The average Bonchev–Trinajstić information content (AvgIpc) is 2.78. The van der Waals surface area contributed by atoms with Crippen molar-refractivity contribution in [1.82, 2.24) is 9.97 Å². The number of ether oxygens (including phenoxy) is 1. The van der Waals surface area contributed by atoms with Gasteiger partial charge in [-0.05, 0) is 63.3 Å². The van der Waals surface area contributed by atoms with Crippen LogP contribution in [-0.2, 0) is 0 Å². The predicted octanol–water partition coefficient (Wildman–Crippen LogP) is 7.00. The van der Waals surface area contributed by atoms with E-state index in [1.807, 2.05) is 54.7 Å². The van der Waals surface area contributed by atoms with Gasteiger partial charge in [0, 0.05) is 11.6 Å². The SMILES string of the molecule is Fc1ccc2ccc3c4ccnc5c4c(cc3c2c1)Oc1nc2ccccc2cc1-5. The topological polar surface area (TPSA) is 35.0 Å². The van der Waals surface area contributed by atoms with Crippen LogP contribution in [0, 0.1) is 5.82 Å². The maximum atomic E-state index is 14.0. The first-order valence-corrected chi connectivity index (χ1v) is 9.78. The lowest BCUT2D eigenvalue weighted by atomic mass is 9.93. The van der Waals surface area contributed by atoms with Crippen LogP contribution >= 0.6 is 0 Å². The highest BCUT2D eigenvalue weighted by atomic mass is 19.1. The summed E-state index contributed by atoms with van der Waals surface area (Å²) in [5.41, 5.74) is 2.63. The van der Waals surface area contributed by atoms with Gasteiger partial charge in [0.15, 0.2) is 0 Å². The number of hydrogen-bond acceptors (Lipinski definition) is 3. The van der Waals surface area contributed by atoms with Crippen LogP contribution in [0.3, 0.4) is 0 Å². The van der Waals surface area contributed by atoms with Crippen LogP contribution in [0.1, 0.15) is 0 Å². The third-order valence-corrected chi connectivity index (χ3v) is 5.94.